The van der Waals surface area contributed by atoms with Gasteiger partial charge >= 0.3 is 0 Å². The summed E-state index contributed by atoms with van der Waals surface area (Å²) in [5.41, 5.74) is 0. The summed E-state index contributed by atoms with van der Waals surface area (Å²) in [6, 6.07) is 8.38. The molecule has 0 bridgehead atoms. The van der Waals surface area contributed by atoms with Crippen LogP contribution in [0.3, 0.4) is 0 Å². The third-order valence-corrected chi connectivity index (χ3v) is 3.71. The van der Waals surface area contributed by atoms with Crippen molar-refractivity contribution in [3.05, 3.63) is 29.3 Å². The molecule has 2 heteroatoms. The molecule has 0 saturated carbocycles. The lowest BCUT2D eigenvalue weighted by molar-refractivity contribution is 0.304. The van der Waals surface area contributed by atoms with Crippen LogP contribution in [-0.2, 0) is 0 Å². The van der Waals surface area contributed by atoms with Crippen molar-refractivity contribution in [1.82, 2.24) is 0 Å². The minimum absolute atomic E-state index is 0.686. The van der Waals surface area contributed by atoms with Gasteiger partial charge in [-0.1, -0.05) is 76.3 Å². The number of unbranched alkanes of at least 4 members (excludes halogenated alkanes) is 9. The normalized spacial score (nSPS) is 10.7. The van der Waals surface area contributed by atoms with Gasteiger partial charge in [0.2, 0.25) is 0 Å². The predicted octanol–water partition coefficient (Wildman–Crippen LogP) is 6.44. The first-order chi connectivity index (χ1) is 9.83. The molecule has 0 saturated heterocycles. The quantitative estimate of drug-likeness (QED) is 0.403. The van der Waals surface area contributed by atoms with Gasteiger partial charge in [0.1, 0.15) is 5.75 Å². The number of rotatable bonds is 12. The van der Waals surface area contributed by atoms with E-state index in [4.69, 9.17) is 16.3 Å². The van der Waals surface area contributed by atoms with Crippen LogP contribution in [0, 0.1) is 6.07 Å². The van der Waals surface area contributed by atoms with Crippen molar-refractivity contribution in [1.29, 1.82) is 0 Å². The number of hydrogen-bond donors (Lipinski definition) is 0. The third-order valence-electron chi connectivity index (χ3n) is 3.49. The lowest BCUT2D eigenvalue weighted by atomic mass is 10.1. The highest BCUT2D eigenvalue weighted by Gasteiger charge is 1.96. The molecule has 113 valence electrons. The molecular formula is C18H28ClO. The Kier molecular flexibility index (Phi) is 10.5. The van der Waals surface area contributed by atoms with E-state index in [1.165, 1.54) is 57.8 Å². The zero-order valence-corrected chi connectivity index (χ0v) is 13.6. The van der Waals surface area contributed by atoms with Gasteiger partial charge in [-0.2, -0.15) is 0 Å². The average Bonchev–Trinajstić information content (AvgIpc) is 2.45. The minimum Gasteiger partial charge on any atom is -0.494 e. The van der Waals surface area contributed by atoms with Gasteiger partial charge in [-0.15, -0.1) is 0 Å². The molecule has 0 amide bonds. The van der Waals surface area contributed by atoms with Crippen LogP contribution >= 0.6 is 11.6 Å². The maximum Gasteiger partial charge on any atom is 0.121 e. The van der Waals surface area contributed by atoms with E-state index < -0.39 is 0 Å². The van der Waals surface area contributed by atoms with Gasteiger partial charge in [-0.25, -0.2) is 0 Å². The molecule has 0 fully saturated rings. The molecule has 0 heterocycles. The van der Waals surface area contributed by atoms with Gasteiger partial charge in [-0.3, -0.25) is 0 Å². The van der Waals surface area contributed by atoms with E-state index in [9.17, 15) is 0 Å². The summed E-state index contributed by atoms with van der Waals surface area (Å²) in [4.78, 5) is 0. The van der Waals surface area contributed by atoms with Gasteiger partial charge in [-0.05, 0) is 30.7 Å². The lowest BCUT2D eigenvalue weighted by Crippen LogP contribution is -1.97. The van der Waals surface area contributed by atoms with E-state index in [0.29, 0.717) is 5.02 Å². The molecule has 0 unspecified atom stereocenters. The van der Waals surface area contributed by atoms with Crippen molar-refractivity contribution >= 4 is 11.6 Å². The zero-order valence-electron chi connectivity index (χ0n) is 12.8. The first-order valence-electron chi connectivity index (χ1n) is 8.12. The summed E-state index contributed by atoms with van der Waals surface area (Å²) in [6.45, 7) is 3.05. The molecule has 0 N–H and O–H groups in total. The summed E-state index contributed by atoms with van der Waals surface area (Å²) < 4.78 is 5.64. The summed E-state index contributed by atoms with van der Waals surface area (Å²) in [6.07, 6.45) is 13.5. The van der Waals surface area contributed by atoms with Gasteiger partial charge in [0.15, 0.2) is 0 Å². The Morgan fingerprint density at radius 2 is 1.50 bits per heavy atom. The SMILES string of the molecule is CCCCCCCCCCCCOc1c[c]cc(Cl)c1. The van der Waals surface area contributed by atoms with E-state index in [0.717, 1.165) is 18.8 Å². The van der Waals surface area contributed by atoms with Gasteiger partial charge in [0.25, 0.3) is 0 Å². The highest BCUT2D eigenvalue weighted by Crippen LogP contribution is 2.17. The maximum absolute atomic E-state index is 5.88. The molecule has 0 spiro atoms. The topological polar surface area (TPSA) is 9.23 Å². The Bertz CT molecular complexity index is 338. The number of ether oxygens (including phenoxy) is 1. The smallest absolute Gasteiger partial charge is 0.121 e. The van der Waals surface area contributed by atoms with E-state index in [1.54, 1.807) is 6.07 Å². The Morgan fingerprint density at radius 1 is 0.900 bits per heavy atom. The fourth-order valence-electron chi connectivity index (χ4n) is 2.29. The maximum atomic E-state index is 5.88. The third kappa shape index (κ3) is 9.25. The van der Waals surface area contributed by atoms with Crippen LogP contribution in [0.25, 0.3) is 0 Å². The molecule has 1 radical (unpaired) electrons. The van der Waals surface area contributed by atoms with Crippen molar-refractivity contribution in [2.24, 2.45) is 0 Å². The number of hydrogen-bond acceptors (Lipinski definition) is 1. The molecule has 1 aromatic carbocycles. The summed E-state index contributed by atoms with van der Waals surface area (Å²) in [5, 5.41) is 0.686. The summed E-state index contributed by atoms with van der Waals surface area (Å²) >= 11 is 5.88. The summed E-state index contributed by atoms with van der Waals surface area (Å²) in [5.74, 6) is 0.827. The molecule has 0 atom stereocenters. The fraction of sp³-hybridized carbons (Fsp3) is 0.667. The first kappa shape index (κ1) is 17.4. The van der Waals surface area contributed by atoms with Crippen molar-refractivity contribution in [2.45, 2.75) is 71.1 Å². The van der Waals surface area contributed by atoms with Gasteiger partial charge < -0.3 is 4.74 Å². The fourth-order valence-corrected chi connectivity index (χ4v) is 2.46. The highest BCUT2D eigenvalue weighted by molar-refractivity contribution is 6.30. The van der Waals surface area contributed by atoms with Crippen molar-refractivity contribution in [3.63, 3.8) is 0 Å². The van der Waals surface area contributed by atoms with E-state index in [2.05, 4.69) is 13.0 Å². The number of benzene rings is 1. The molecule has 1 nitrogen and oxygen atoms in total. The zero-order chi connectivity index (χ0) is 14.5. The van der Waals surface area contributed by atoms with Crippen molar-refractivity contribution in [3.8, 4) is 5.75 Å². The van der Waals surface area contributed by atoms with Crippen LogP contribution in [0.15, 0.2) is 18.2 Å². The Hall–Kier alpha value is -0.690. The Balaban J connectivity index is 1.85. The second kappa shape index (κ2) is 12.1. The minimum atomic E-state index is 0.686. The molecule has 1 aromatic rings. The molecular weight excluding hydrogens is 268 g/mol. The number of halogens is 1. The van der Waals surface area contributed by atoms with Crippen LogP contribution in [0.5, 0.6) is 5.75 Å². The molecule has 0 aliphatic rings. The van der Waals surface area contributed by atoms with Gasteiger partial charge in [0.05, 0.1) is 6.61 Å². The van der Waals surface area contributed by atoms with E-state index in [1.807, 2.05) is 12.1 Å². The first-order valence-corrected chi connectivity index (χ1v) is 8.50. The Morgan fingerprint density at radius 3 is 2.10 bits per heavy atom. The Labute approximate surface area is 129 Å². The second-order valence-electron chi connectivity index (χ2n) is 5.42. The van der Waals surface area contributed by atoms with Crippen LogP contribution in [0.4, 0.5) is 0 Å². The molecule has 0 aliphatic heterocycles. The van der Waals surface area contributed by atoms with Crippen molar-refractivity contribution in [2.75, 3.05) is 6.61 Å². The second-order valence-corrected chi connectivity index (χ2v) is 5.85. The predicted molar refractivity (Wildman–Crippen MR) is 87.6 cm³/mol. The molecule has 0 aromatic heterocycles. The van der Waals surface area contributed by atoms with E-state index in [-0.39, 0.29) is 0 Å². The average molecular weight is 296 g/mol. The van der Waals surface area contributed by atoms with Crippen LogP contribution < -0.4 is 4.74 Å². The van der Waals surface area contributed by atoms with Crippen LogP contribution in [-0.4, -0.2) is 6.61 Å². The molecule has 0 aliphatic carbocycles. The van der Waals surface area contributed by atoms with E-state index >= 15 is 0 Å². The van der Waals surface area contributed by atoms with Crippen molar-refractivity contribution < 1.29 is 4.74 Å². The largest absolute Gasteiger partial charge is 0.494 e. The van der Waals surface area contributed by atoms with Crippen LogP contribution in [0.1, 0.15) is 71.1 Å². The van der Waals surface area contributed by atoms with Gasteiger partial charge in [0, 0.05) is 5.02 Å². The standard InChI is InChI=1S/C18H28ClO/c1-2-3-4-5-6-7-8-9-10-11-15-20-18-14-12-13-17(19)16-18/h13-14,16H,2-11,15H2,1H3. The highest BCUT2D eigenvalue weighted by atomic mass is 35.5. The molecule has 1 rings (SSSR count). The summed E-state index contributed by atoms with van der Waals surface area (Å²) in [7, 11) is 0. The van der Waals surface area contributed by atoms with Crippen LogP contribution in [0.2, 0.25) is 5.02 Å². The lowest BCUT2D eigenvalue weighted by Gasteiger charge is -2.06. The monoisotopic (exact) mass is 295 g/mol. The molecule has 20 heavy (non-hydrogen) atoms.